The van der Waals surface area contributed by atoms with Crippen LogP contribution in [0, 0.1) is 5.92 Å². The molecule has 3 heterocycles. The van der Waals surface area contributed by atoms with E-state index in [1.165, 1.54) is 0 Å². The lowest BCUT2D eigenvalue weighted by Crippen LogP contribution is -2.42. The number of carbonyl (C=O) groups excluding carboxylic acids is 2. The van der Waals surface area contributed by atoms with E-state index in [0.29, 0.717) is 24.6 Å². The number of imidazole rings is 1. The zero-order chi connectivity index (χ0) is 17.4. The number of para-hydroxylation sites is 1. The molecule has 1 aliphatic rings. The standard InChI is InChI=1S/C19H20N4O2/c1-22-10-8-20-18(22)17(24)14-6-4-9-23(12-14)19(25)16-11-13-5-2-3-7-15(13)21-16/h2-3,5,7-8,10-11,14,21H,4,6,9,12H2,1H3/t14-/m1/s1. The zero-order valence-corrected chi connectivity index (χ0v) is 14.1. The molecule has 0 saturated carbocycles. The van der Waals surface area contributed by atoms with Crippen molar-refractivity contribution < 1.29 is 9.59 Å². The summed E-state index contributed by atoms with van der Waals surface area (Å²) in [5.41, 5.74) is 1.52. The average Bonchev–Trinajstić information content (AvgIpc) is 3.26. The van der Waals surface area contributed by atoms with E-state index in [9.17, 15) is 9.59 Å². The second-order valence-corrected chi connectivity index (χ2v) is 6.59. The van der Waals surface area contributed by atoms with Crippen LogP contribution in [-0.2, 0) is 7.05 Å². The van der Waals surface area contributed by atoms with Crippen molar-refractivity contribution in [2.24, 2.45) is 13.0 Å². The van der Waals surface area contributed by atoms with Crippen molar-refractivity contribution in [3.63, 3.8) is 0 Å². The molecule has 1 aromatic carbocycles. The minimum absolute atomic E-state index is 0.0154. The SMILES string of the molecule is Cn1ccnc1C(=O)[C@@H]1CCCN(C(=O)c2cc3ccccc3[nH]2)C1. The quantitative estimate of drug-likeness (QED) is 0.748. The van der Waals surface area contributed by atoms with Gasteiger partial charge in [0.2, 0.25) is 5.78 Å². The Labute approximate surface area is 145 Å². The Balaban J connectivity index is 1.53. The molecule has 1 amide bonds. The minimum atomic E-state index is -0.192. The number of Topliss-reactive ketones (excluding diaryl/α,β-unsaturated/α-hetero) is 1. The molecule has 1 fully saturated rings. The van der Waals surface area contributed by atoms with E-state index in [4.69, 9.17) is 0 Å². The molecule has 1 N–H and O–H groups in total. The van der Waals surface area contributed by atoms with Crippen molar-refractivity contribution in [1.29, 1.82) is 0 Å². The first-order valence-electron chi connectivity index (χ1n) is 8.52. The number of fused-ring (bicyclic) bond motifs is 1. The highest BCUT2D eigenvalue weighted by Gasteiger charge is 2.31. The molecular weight excluding hydrogens is 316 g/mol. The van der Waals surface area contributed by atoms with Gasteiger partial charge in [-0.15, -0.1) is 0 Å². The number of aromatic amines is 1. The second-order valence-electron chi connectivity index (χ2n) is 6.59. The lowest BCUT2D eigenvalue weighted by atomic mass is 9.93. The van der Waals surface area contributed by atoms with Crippen LogP contribution in [0.25, 0.3) is 10.9 Å². The lowest BCUT2D eigenvalue weighted by Gasteiger charge is -2.31. The fourth-order valence-electron chi connectivity index (χ4n) is 3.52. The van der Waals surface area contributed by atoms with Gasteiger partial charge in [0.25, 0.3) is 5.91 Å². The maximum absolute atomic E-state index is 12.9. The molecule has 6 nitrogen and oxygen atoms in total. The molecule has 0 unspecified atom stereocenters. The molecular formula is C19H20N4O2. The number of hydrogen-bond donors (Lipinski definition) is 1. The van der Waals surface area contributed by atoms with Gasteiger partial charge in [0.15, 0.2) is 5.82 Å². The third kappa shape index (κ3) is 2.84. The van der Waals surface area contributed by atoms with E-state index in [0.717, 1.165) is 23.7 Å². The molecule has 6 heteroatoms. The maximum atomic E-state index is 12.9. The fraction of sp³-hybridized carbons (Fsp3) is 0.316. The van der Waals surface area contributed by atoms with Crippen LogP contribution in [0.5, 0.6) is 0 Å². The zero-order valence-electron chi connectivity index (χ0n) is 14.1. The molecule has 0 spiro atoms. The van der Waals surface area contributed by atoms with Gasteiger partial charge >= 0.3 is 0 Å². The van der Waals surface area contributed by atoms with Crippen LogP contribution in [0.15, 0.2) is 42.7 Å². The minimum Gasteiger partial charge on any atom is -0.351 e. The molecule has 2 aromatic heterocycles. The maximum Gasteiger partial charge on any atom is 0.270 e. The fourth-order valence-corrected chi connectivity index (χ4v) is 3.52. The van der Waals surface area contributed by atoms with Crippen LogP contribution in [0.1, 0.15) is 33.9 Å². The number of benzene rings is 1. The summed E-state index contributed by atoms with van der Waals surface area (Å²) in [5, 5.41) is 1.02. The van der Waals surface area contributed by atoms with Crippen molar-refractivity contribution in [2.45, 2.75) is 12.8 Å². The first-order valence-corrected chi connectivity index (χ1v) is 8.52. The Morgan fingerprint density at radius 2 is 2.12 bits per heavy atom. The van der Waals surface area contributed by atoms with Crippen molar-refractivity contribution >= 4 is 22.6 Å². The number of hydrogen-bond acceptors (Lipinski definition) is 3. The molecule has 1 saturated heterocycles. The van der Waals surface area contributed by atoms with Gasteiger partial charge in [0, 0.05) is 49.4 Å². The van der Waals surface area contributed by atoms with E-state index in [1.54, 1.807) is 21.9 Å². The highest BCUT2D eigenvalue weighted by Crippen LogP contribution is 2.23. The van der Waals surface area contributed by atoms with Crippen molar-refractivity contribution in [2.75, 3.05) is 13.1 Å². The Hall–Kier alpha value is -2.89. The summed E-state index contributed by atoms with van der Waals surface area (Å²) in [7, 11) is 1.82. The molecule has 3 aromatic rings. The predicted octanol–water partition coefficient (Wildman–Crippen LogP) is 2.64. The summed E-state index contributed by atoms with van der Waals surface area (Å²) < 4.78 is 1.74. The molecule has 0 radical (unpaired) electrons. The Morgan fingerprint density at radius 1 is 1.28 bits per heavy atom. The first-order chi connectivity index (χ1) is 12.1. The third-order valence-electron chi connectivity index (χ3n) is 4.88. The number of nitrogens with zero attached hydrogens (tertiary/aromatic N) is 3. The number of piperidine rings is 1. The monoisotopic (exact) mass is 336 g/mol. The first kappa shape index (κ1) is 15.6. The largest absolute Gasteiger partial charge is 0.351 e. The number of H-pyrrole nitrogens is 1. The van der Waals surface area contributed by atoms with Gasteiger partial charge in [0.1, 0.15) is 5.69 Å². The molecule has 4 rings (SSSR count). The summed E-state index contributed by atoms with van der Waals surface area (Å²) in [6, 6.07) is 9.70. The molecule has 0 bridgehead atoms. The van der Waals surface area contributed by atoms with E-state index in [1.807, 2.05) is 37.4 Å². The summed E-state index contributed by atoms with van der Waals surface area (Å²) in [4.78, 5) is 34.7. The van der Waals surface area contributed by atoms with E-state index in [-0.39, 0.29) is 17.6 Å². The van der Waals surface area contributed by atoms with Gasteiger partial charge < -0.3 is 14.5 Å². The van der Waals surface area contributed by atoms with E-state index in [2.05, 4.69) is 9.97 Å². The molecule has 0 aliphatic carbocycles. The van der Waals surface area contributed by atoms with Crippen LogP contribution in [-0.4, -0.2) is 44.2 Å². The number of aryl methyl sites for hydroxylation is 1. The van der Waals surface area contributed by atoms with E-state index < -0.39 is 0 Å². The molecule has 128 valence electrons. The number of ketones is 1. The average molecular weight is 336 g/mol. The normalized spacial score (nSPS) is 17.8. The molecule has 25 heavy (non-hydrogen) atoms. The van der Waals surface area contributed by atoms with Gasteiger partial charge in [-0.25, -0.2) is 4.98 Å². The van der Waals surface area contributed by atoms with Gasteiger partial charge in [0.05, 0.1) is 0 Å². The number of amides is 1. The van der Waals surface area contributed by atoms with Crippen LogP contribution in [0.2, 0.25) is 0 Å². The molecule has 1 atom stereocenters. The number of carbonyl (C=O) groups is 2. The highest BCUT2D eigenvalue weighted by molar-refractivity contribution is 5.99. The van der Waals surface area contributed by atoms with Crippen molar-refractivity contribution in [3.8, 4) is 0 Å². The topological polar surface area (TPSA) is 71.0 Å². The van der Waals surface area contributed by atoms with E-state index >= 15 is 0 Å². The van der Waals surface area contributed by atoms with Crippen LogP contribution in [0.3, 0.4) is 0 Å². The molecule has 1 aliphatic heterocycles. The van der Waals surface area contributed by atoms with Gasteiger partial charge in [-0.2, -0.15) is 0 Å². The van der Waals surface area contributed by atoms with Crippen molar-refractivity contribution in [1.82, 2.24) is 19.4 Å². The lowest BCUT2D eigenvalue weighted by molar-refractivity contribution is 0.0629. The van der Waals surface area contributed by atoms with Crippen molar-refractivity contribution in [3.05, 3.63) is 54.2 Å². The Morgan fingerprint density at radius 3 is 2.88 bits per heavy atom. The Kier molecular flexibility index (Phi) is 3.87. The summed E-state index contributed by atoms with van der Waals surface area (Å²) in [6.45, 7) is 1.12. The summed E-state index contributed by atoms with van der Waals surface area (Å²) in [5.74, 6) is 0.239. The van der Waals surface area contributed by atoms with Gasteiger partial charge in [-0.05, 0) is 25.0 Å². The smallest absolute Gasteiger partial charge is 0.270 e. The van der Waals surface area contributed by atoms with Gasteiger partial charge in [-0.3, -0.25) is 9.59 Å². The summed E-state index contributed by atoms with van der Waals surface area (Å²) >= 11 is 0. The summed E-state index contributed by atoms with van der Waals surface area (Å²) in [6.07, 6.45) is 5.02. The third-order valence-corrected chi connectivity index (χ3v) is 4.88. The number of rotatable bonds is 3. The van der Waals surface area contributed by atoms with Crippen LogP contribution < -0.4 is 0 Å². The van der Waals surface area contributed by atoms with Crippen LogP contribution >= 0.6 is 0 Å². The number of aromatic nitrogens is 3. The van der Waals surface area contributed by atoms with Crippen LogP contribution in [0.4, 0.5) is 0 Å². The predicted molar refractivity (Wildman–Crippen MR) is 94.5 cm³/mol. The Bertz CT molecular complexity index is 907. The number of nitrogens with one attached hydrogen (secondary N) is 1. The second kappa shape index (κ2) is 6.20. The highest BCUT2D eigenvalue weighted by atomic mass is 16.2. The number of likely N-dealkylation sites (tertiary alicyclic amines) is 1. The van der Waals surface area contributed by atoms with Gasteiger partial charge in [-0.1, -0.05) is 18.2 Å².